The SMILES string of the molecule is C=C[Si](C=C)(Oc1ccc2cc3ccc(O[Si](C=C)(C=C)c4ccccc4)cc3cc2c1)c1ccccc1. The Balaban J connectivity index is 1.52. The molecule has 0 heterocycles. The Morgan fingerprint density at radius 2 is 0.789 bits per heavy atom. The van der Waals surface area contributed by atoms with E-state index in [1.165, 1.54) is 0 Å². The number of hydrogen-bond acceptors (Lipinski definition) is 2. The van der Waals surface area contributed by atoms with Crippen molar-refractivity contribution in [1.29, 1.82) is 0 Å². The summed E-state index contributed by atoms with van der Waals surface area (Å²) in [5.41, 5.74) is 7.69. The highest BCUT2D eigenvalue weighted by atomic mass is 28.4. The van der Waals surface area contributed by atoms with Crippen LogP contribution in [0.15, 0.2) is 158 Å². The van der Waals surface area contributed by atoms with Crippen LogP contribution in [-0.4, -0.2) is 16.6 Å². The average molecular weight is 527 g/mol. The number of fused-ring (bicyclic) bond motifs is 2. The Morgan fingerprint density at radius 1 is 0.421 bits per heavy atom. The summed E-state index contributed by atoms with van der Waals surface area (Å²) in [5.74, 6) is 1.60. The van der Waals surface area contributed by atoms with Gasteiger partial charge in [0, 0.05) is 0 Å². The van der Waals surface area contributed by atoms with Crippen LogP contribution in [0.25, 0.3) is 21.5 Å². The van der Waals surface area contributed by atoms with Gasteiger partial charge in [0.1, 0.15) is 11.5 Å². The Labute approximate surface area is 226 Å². The smallest absolute Gasteiger partial charge is 0.331 e. The first kappa shape index (κ1) is 25.3. The van der Waals surface area contributed by atoms with Gasteiger partial charge in [-0.2, -0.15) is 0 Å². The zero-order valence-electron chi connectivity index (χ0n) is 21.3. The Kier molecular flexibility index (Phi) is 7.01. The van der Waals surface area contributed by atoms with E-state index in [1.807, 2.05) is 71.3 Å². The van der Waals surface area contributed by atoms with E-state index < -0.39 is 16.6 Å². The molecule has 0 N–H and O–H groups in total. The topological polar surface area (TPSA) is 18.5 Å². The Bertz CT molecular complexity index is 1510. The minimum absolute atomic E-state index is 0.799. The molecule has 0 atom stereocenters. The second-order valence-electron chi connectivity index (χ2n) is 9.21. The Morgan fingerprint density at radius 3 is 1.16 bits per heavy atom. The van der Waals surface area contributed by atoms with Gasteiger partial charge in [0.15, 0.2) is 0 Å². The first-order valence-electron chi connectivity index (χ1n) is 12.6. The fraction of sp³-hybridized carbons (Fsp3) is 0. The van der Waals surface area contributed by atoms with Crippen molar-refractivity contribution in [1.82, 2.24) is 0 Å². The lowest BCUT2D eigenvalue weighted by atomic mass is 10.0. The summed E-state index contributed by atoms with van der Waals surface area (Å²) in [6.07, 6.45) is 0. The number of rotatable bonds is 10. The summed E-state index contributed by atoms with van der Waals surface area (Å²) in [5, 5.41) is 6.70. The molecular weight excluding hydrogens is 497 g/mol. The van der Waals surface area contributed by atoms with E-state index in [0.29, 0.717) is 0 Å². The van der Waals surface area contributed by atoms with Crippen molar-refractivity contribution in [2.24, 2.45) is 0 Å². The molecule has 4 heteroatoms. The van der Waals surface area contributed by atoms with Crippen molar-refractivity contribution in [3.05, 3.63) is 158 Å². The van der Waals surface area contributed by atoms with Gasteiger partial charge in [-0.25, -0.2) is 0 Å². The molecule has 0 aromatic heterocycles. The monoisotopic (exact) mass is 526 g/mol. The molecule has 5 aromatic rings. The van der Waals surface area contributed by atoms with Gasteiger partial charge in [-0.05, 0) is 68.3 Å². The maximum atomic E-state index is 6.64. The van der Waals surface area contributed by atoms with Crippen LogP contribution >= 0.6 is 0 Å². The fourth-order valence-electron chi connectivity index (χ4n) is 4.79. The van der Waals surface area contributed by atoms with E-state index in [9.17, 15) is 0 Å². The summed E-state index contributed by atoms with van der Waals surface area (Å²) in [6.45, 7) is 16.4. The second kappa shape index (κ2) is 10.5. The third kappa shape index (κ3) is 4.67. The lowest BCUT2D eigenvalue weighted by molar-refractivity contribution is 0.576. The standard InChI is InChI=1S/C34H30O2Si2/c1-5-37(6-2,33-15-11-9-12-16-33)35-31-21-19-27-23-28-20-22-32(26-30(28)24-29(27)25-31)36-38(7-3,8-4)34-17-13-10-14-18-34/h5-26H,1-4H2. The van der Waals surface area contributed by atoms with Crippen LogP contribution in [0.2, 0.25) is 0 Å². The fourth-order valence-corrected chi connectivity index (χ4v) is 9.10. The molecule has 0 aliphatic rings. The van der Waals surface area contributed by atoms with Crippen LogP contribution < -0.4 is 19.2 Å². The minimum atomic E-state index is -2.58. The van der Waals surface area contributed by atoms with Crippen LogP contribution in [0.4, 0.5) is 0 Å². The molecule has 38 heavy (non-hydrogen) atoms. The van der Waals surface area contributed by atoms with Crippen molar-refractivity contribution in [2.75, 3.05) is 0 Å². The van der Waals surface area contributed by atoms with Gasteiger partial charge in [-0.3, -0.25) is 0 Å². The van der Waals surface area contributed by atoms with E-state index in [4.69, 9.17) is 8.85 Å². The van der Waals surface area contributed by atoms with E-state index >= 15 is 0 Å². The highest BCUT2D eigenvalue weighted by molar-refractivity contribution is 6.95. The van der Waals surface area contributed by atoms with E-state index in [0.717, 1.165) is 43.4 Å². The van der Waals surface area contributed by atoms with Crippen LogP contribution in [0.5, 0.6) is 11.5 Å². The maximum absolute atomic E-state index is 6.64. The van der Waals surface area contributed by atoms with Crippen LogP contribution in [0.1, 0.15) is 0 Å². The minimum Gasteiger partial charge on any atom is -0.531 e. The van der Waals surface area contributed by atoms with Crippen molar-refractivity contribution < 1.29 is 8.85 Å². The third-order valence-electron chi connectivity index (χ3n) is 6.97. The average Bonchev–Trinajstić information content (AvgIpc) is 2.98. The largest absolute Gasteiger partial charge is 0.531 e. The molecule has 0 saturated carbocycles. The summed E-state index contributed by atoms with van der Waals surface area (Å²) in [4.78, 5) is 0. The van der Waals surface area contributed by atoms with Crippen molar-refractivity contribution in [2.45, 2.75) is 0 Å². The second-order valence-corrected chi connectivity index (χ2v) is 15.6. The van der Waals surface area contributed by atoms with Crippen molar-refractivity contribution in [3.63, 3.8) is 0 Å². The summed E-state index contributed by atoms with van der Waals surface area (Å²) in [6, 6.07) is 37.2. The van der Waals surface area contributed by atoms with E-state index in [-0.39, 0.29) is 0 Å². The first-order valence-corrected chi connectivity index (χ1v) is 16.7. The highest BCUT2D eigenvalue weighted by Crippen LogP contribution is 2.30. The summed E-state index contributed by atoms with van der Waals surface area (Å²) in [7, 11) is -5.17. The van der Waals surface area contributed by atoms with Gasteiger partial charge in [0.05, 0.1) is 0 Å². The maximum Gasteiger partial charge on any atom is 0.331 e. The number of benzene rings is 5. The highest BCUT2D eigenvalue weighted by Gasteiger charge is 2.33. The lowest BCUT2D eigenvalue weighted by Crippen LogP contribution is -2.50. The summed E-state index contributed by atoms with van der Waals surface area (Å²) < 4.78 is 13.3. The van der Waals surface area contributed by atoms with Crippen LogP contribution in [0, 0.1) is 0 Å². The molecule has 186 valence electrons. The molecular formula is C34H30O2Si2. The predicted octanol–water partition coefficient (Wildman–Crippen LogP) is 7.36. The van der Waals surface area contributed by atoms with E-state index in [2.05, 4.69) is 87.0 Å². The predicted molar refractivity (Wildman–Crippen MR) is 167 cm³/mol. The number of hydrogen-bond donors (Lipinski definition) is 0. The van der Waals surface area contributed by atoms with Crippen molar-refractivity contribution >= 4 is 48.6 Å². The zero-order valence-corrected chi connectivity index (χ0v) is 23.3. The molecule has 0 aliphatic heterocycles. The normalized spacial score (nSPS) is 11.6. The molecule has 0 fully saturated rings. The lowest BCUT2D eigenvalue weighted by Gasteiger charge is -2.26. The molecule has 0 saturated heterocycles. The van der Waals surface area contributed by atoms with Gasteiger partial charge in [-0.1, -0.05) is 95.6 Å². The molecule has 2 nitrogen and oxygen atoms in total. The first-order chi connectivity index (χ1) is 18.5. The van der Waals surface area contributed by atoms with Gasteiger partial charge in [-0.15, -0.1) is 26.3 Å². The van der Waals surface area contributed by atoms with Crippen molar-refractivity contribution in [3.8, 4) is 11.5 Å². The van der Waals surface area contributed by atoms with Gasteiger partial charge < -0.3 is 8.85 Å². The third-order valence-corrected chi connectivity index (χ3v) is 13.0. The molecule has 5 aromatic carbocycles. The summed E-state index contributed by atoms with van der Waals surface area (Å²) >= 11 is 0. The van der Waals surface area contributed by atoms with Gasteiger partial charge >= 0.3 is 16.6 Å². The van der Waals surface area contributed by atoms with Crippen LogP contribution in [-0.2, 0) is 0 Å². The quantitative estimate of drug-likeness (QED) is 0.140. The molecule has 5 rings (SSSR count). The Hall–Kier alpha value is -4.39. The molecule has 0 aliphatic carbocycles. The molecule has 0 unspecified atom stereocenters. The van der Waals surface area contributed by atoms with Gasteiger partial charge in [0.2, 0.25) is 0 Å². The molecule has 0 amide bonds. The zero-order chi connectivity index (χ0) is 26.6. The van der Waals surface area contributed by atoms with E-state index in [1.54, 1.807) is 0 Å². The molecule has 0 bridgehead atoms. The van der Waals surface area contributed by atoms with Gasteiger partial charge in [0.25, 0.3) is 0 Å². The molecule has 0 spiro atoms. The molecule has 0 radical (unpaired) electrons. The van der Waals surface area contributed by atoms with Crippen LogP contribution in [0.3, 0.4) is 0 Å².